The van der Waals surface area contributed by atoms with E-state index in [9.17, 15) is 9.59 Å². The summed E-state index contributed by atoms with van der Waals surface area (Å²) in [6, 6.07) is 6.47. The van der Waals surface area contributed by atoms with Crippen molar-refractivity contribution in [3.63, 3.8) is 0 Å². The average molecular weight is 494 g/mol. The number of aliphatic imine (C=N–C) groups is 1. The Morgan fingerprint density at radius 1 is 1.28 bits per heavy atom. The number of fused-ring (bicyclic) bond motifs is 1. The predicted molar refractivity (Wildman–Crippen MR) is 139 cm³/mol. The highest BCUT2D eigenvalue weighted by Crippen LogP contribution is 2.59. The number of carbonyl (C=O) groups is 2. The number of methoxy groups -OCH3 is 1. The van der Waals surface area contributed by atoms with Gasteiger partial charge < -0.3 is 15.2 Å². The van der Waals surface area contributed by atoms with E-state index >= 15 is 0 Å². The van der Waals surface area contributed by atoms with Crippen LogP contribution in [0.2, 0.25) is 0 Å². The normalized spacial score (nSPS) is 27.4. The van der Waals surface area contributed by atoms with Gasteiger partial charge >= 0.3 is 5.97 Å². The summed E-state index contributed by atoms with van der Waals surface area (Å²) in [6.45, 7) is 5.86. The second-order valence-corrected chi connectivity index (χ2v) is 10.9. The first-order valence-electron chi connectivity index (χ1n) is 13.1. The fourth-order valence-electron chi connectivity index (χ4n) is 5.77. The summed E-state index contributed by atoms with van der Waals surface area (Å²) in [6.07, 6.45) is 7.86. The van der Waals surface area contributed by atoms with E-state index in [2.05, 4.69) is 37.0 Å². The maximum absolute atomic E-state index is 12.1. The van der Waals surface area contributed by atoms with Crippen LogP contribution in [-0.4, -0.2) is 49.1 Å². The molecule has 2 saturated carbocycles. The number of nitrogens with two attached hydrogens (primary N) is 1. The third-order valence-corrected chi connectivity index (χ3v) is 8.10. The summed E-state index contributed by atoms with van der Waals surface area (Å²) in [7, 11) is 1.78. The molecule has 3 aliphatic carbocycles. The molecule has 1 spiro atoms. The van der Waals surface area contributed by atoms with Crippen LogP contribution in [-0.2, 0) is 31.0 Å². The van der Waals surface area contributed by atoms with Gasteiger partial charge in [-0.15, -0.1) is 0 Å². The lowest BCUT2D eigenvalue weighted by Gasteiger charge is -2.46. The van der Waals surface area contributed by atoms with Crippen LogP contribution in [0.4, 0.5) is 0 Å². The van der Waals surface area contributed by atoms with E-state index in [1.807, 2.05) is 0 Å². The summed E-state index contributed by atoms with van der Waals surface area (Å²) in [4.78, 5) is 30.4. The van der Waals surface area contributed by atoms with Crippen molar-refractivity contribution in [2.24, 2.45) is 22.1 Å². The number of guanidine groups is 1. The monoisotopic (exact) mass is 493 g/mol. The van der Waals surface area contributed by atoms with E-state index in [1.165, 1.54) is 23.3 Å². The molecule has 0 saturated heterocycles. The maximum atomic E-state index is 12.1. The molecule has 0 bridgehead atoms. The van der Waals surface area contributed by atoms with Crippen molar-refractivity contribution < 1.29 is 19.1 Å². The Balaban J connectivity index is 1.66. The molecule has 1 aromatic carbocycles. The summed E-state index contributed by atoms with van der Waals surface area (Å²) in [5, 5.41) is 0. The summed E-state index contributed by atoms with van der Waals surface area (Å²) >= 11 is 0. The van der Waals surface area contributed by atoms with Gasteiger partial charge in [0, 0.05) is 30.6 Å². The number of rotatable bonds is 7. The molecule has 194 valence electrons. The van der Waals surface area contributed by atoms with Crippen LogP contribution in [0.1, 0.15) is 82.4 Å². The van der Waals surface area contributed by atoms with Gasteiger partial charge in [-0.25, -0.2) is 4.99 Å². The fourth-order valence-corrected chi connectivity index (χ4v) is 5.77. The SMILES string of the molecule is CO[C@H]1CC[C@]2(CC1)Cc1ccc(C#CC3CC3)cc1C2(C)/N=C(/N)N(C=O)CCC(=O)OC(C)C. The first kappa shape index (κ1) is 26.2. The van der Waals surface area contributed by atoms with E-state index in [0.717, 1.165) is 43.2 Å². The van der Waals surface area contributed by atoms with Crippen LogP contribution in [0.15, 0.2) is 23.2 Å². The summed E-state index contributed by atoms with van der Waals surface area (Å²) < 4.78 is 10.9. The third-order valence-electron chi connectivity index (χ3n) is 8.10. The molecule has 7 heteroatoms. The number of nitrogens with zero attached hydrogens (tertiary/aromatic N) is 2. The second-order valence-electron chi connectivity index (χ2n) is 10.9. The first-order valence-corrected chi connectivity index (χ1v) is 13.1. The van der Waals surface area contributed by atoms with Crippen LogP contribution in [0.3, 0.4) is 0 Å². The molecule has 1 atom stereocenters. The van der Waals surface area contributed by atoms with Crippen molar-refractivity contribution >= 4 is 18.3 Å². The standard InChI is InChI=1S/C29H39N3O4/c1-20(2)36-26(34)13-16-32(19-33)27(30)31-28(3)25-17-22(8-7-21-5-6-21)9-10-23(25)18-29(28)14-11-24(35-4)12-15-29/h9-10,17,19-21,24H,5-6,11-16,18H2,1-4H3,(H2,30,31)/t24-,28?,29-. The van der Waals surface area contributed by atoms with Crippen molar-refractivity contribution in [1.29, 1.82) is 0 Å². The Bertz CT molecular complexity index is 1070. The molecular formula is C29H39N3O4. The number of carbonyl (C=O) groups excluding carboxylic acids is 2. The smallest absolute Gasteiger partial charge is 0.307 e. The van der Waals surface area contributed by atoms with Crippen molar-refractivity contribution in [1.82, 2.24) is 4.90 Å². The highest BCUT2D eigenvalue weighted by Gasteiger charge is 2.56. The number of hydrogen-bond donors (Lipinski definition) is 1. The molecule has 1 aromatic rings. The van der Waals surface area contributed by atoms with Crippen LogP contribution in [0.5, 0.6) is 0 Å². The molecule has 4 rings (SSSR count). The van der Waals surface area contributed by atoms with Gasteiger partial charge in [0.1, 0.15) is 0 Å². The molecule has 1 unspecified atom stereocenters. The molecule has 36 heavy (non-hydrogen) atoms. The molecule has 0 aliphatic heterocycles. The van der Waals surface area contributed by atoms with Gasteiger partial charge in [-0.2, -0.15) is 0 Å². The molecule has 0 aromatic heterocycles. The van der Waals surface area contributed by atoms with Gasteiger partial charge in [0.2, 0.25) is 6.41 Å². The minimum atomic E-state index is -0.623. The Kier molecular flexibility index (Phi) is 7.75. The Hall–Kier alpha value is -2.85. The van der Waals surface area contributed by atoms with Crippen LogP contribution < -0.4 is 5.73 Å². The van der Waals surface area contributed by atoms with Gasteiger partial charge in [-0.1, -0.05) is 17.9 Å². The zero-order valence-electron chi connectivity index (χ0n) is 22.0. The molecule has 1 amide bonds. The lowest BCUT2D eigenvalue weighted by Crippen LogP contribution is -2.47. The Morgan fingerprint density at radius 3 is 2.61 bits per heavy atom. The van der Waals surface area contributed by atoms with Crippen LogP contribution in [0.25, 0.3) is 0 Å². The van der Waals surface area contributed by atoms with Gasteiger partial charge in [-0.3, -0.25) is 14.5 Å². The molecule has 0 heterocycles. The summed E-state index contributed by atoms with van der Waals surface area (Å²) in [5.41, 5.74) is 9.11. The van der Waals surface area contributed by atoms with E-state index in [4.69, 9.17) is 20.2 Å². The lowest BCUT2D eigenvalue weighted by molar-refractivity contribution is -0.147. The molecule has 3 aliphatic rings. The lowest BCUT2D eigenvalue weighted by atomic mass is 9.62. The van der Waals surface area contributed by atoms with Crippen molar-refractivity contribution in [2.45, 2.75) is 89.9 Å². The molecule has 7 nitrogen and oxygen atoms in total. The highest BCUT2D eigenvalue weighted by atomic mass is 16.5. The van der Waals surface area contributed by atoms with Gasteiger partial charge in [0.15, 0.2) is 5.96 Å². The number of esters is 1. The minimum absolute atomic E-state index is 0.0575. The topological polar surface area (TPSA) is 94.2 Å². The quantitative estimate of drug-likeness (QED) is 0.204. The Morgan fingerprint density at radius 2 is 2.00 bits per heavy atom. The van der Waals surface area contributed by atoms with Crippen LogP contribution in [0, 0.1) is 23.2 Å². The van der Waals surface area contributed by atoms with E-state index in [-0.39, 0.29) is 42.5 Å². The summed E-state index contributed by atoms with van der Waals surface area (Å²) in [5.74, 6) is 6.99. The van der Waals surface area contributed by atoms with E-state index in [0.29, 0.717) is 12.3 Å². The largest absolute Gasteiger partial charge is 0.463 e. The van der Waals surface area contributed by atoms with Crippen molar-refractivity contribution in [3.05, 3.63) is 34.9 Å². The van der Waals surface area contributed by atoms with Crippen LogP contribution >= 0.6 is 0 Å². The zero-order chi connectivity index (χ0) is 25.9. The van der Waals surface area contributed by atoms with Crippen molar-refractivity contribution in [2.75, 3.05) is 13.7 Å². The van der Waals surface area contributed by atoms with Gasteiger partial charge in [0.25, 0.3) is 0 Å². The molecular weight excluding hydrogens is 454 g/mol. The van der Waals surface area contributed by atoms with E-state index in [1.54, 1.807) is 21.0 Å². The molecule has 2 fully saturated rings. The number of ether oxygens (including phenoxy) is 2. The molecule has 0 radical (unpaired) electrons. The van der Waals surface area contributed by atoms with Gasteiger partial charge in [0.05, 0.1) is 24.2 Å². The number of benzene rings is 1. The zero-order valence-corrected chi connectivity index (χ0v) is 22.0. The number of amides is 1. The third kappa shape index (κ3) is 5.44. The van der Waals surface area contributed by atoms with Crippen molar-refractivity contribution in [3.8, 4) is 11.8 Å². The average Bonchev–Trinajstić information content (AvgIpc) is 3.65. The first-order chi connectivity index (χ1) is 17.2. The minimum Gasteiger partial charge on any atom is -0.463 e. The van der Waals surface area contributed by atoms with E-state index < -0.39 is 5.54 Å². The Labute approximate surface area is 214 Å². The maximum Gasteiger partial charge on any atom is 0.307 e. The number of hydrogen-bond acceptors (Lipinski definition) is 5. The fraction of sp³-hybridized carbons (Fsp3) is 0.621. The molecule has 2 N–H and O–H groups in total. The van der Waals surface area contributed by atoms with Gasteiger partial charge in [-0.05, 0) is 89.0 Å². The highest BCUT2D eigenvalue weighted by molar-refractivity contribution is 5.88. The predicted octanol–water partition coefficient (Wildman–Crippen LogP) is 3.91. The second kappa shape index (κ2) is 10.6.